The number of aliphatic carboxylic acids is 2. The zero-order chi connectivity index (χ0) is 17.1. The Hall–Kier alpha value is -1.50. The summed E-state index contributed by atoms with van der Waals surface area (Å²) in [7, 11) is 2.11. The van der Waals surface area contributed by atoms with Crippen LogP contribution in [0.5, 0.6) is 0 Å². The van der Waals surface area contributed by atoms with Crippen molar-refractivity contribution in [1.29, 1.82) is 0 Å². The van der Waals surface area contributed by atoms with E-state index in [1.807, 2.05) is 0 Å². The highest BCUT2D eigenvalue weighted by molar-refractivity contribution is 8.76. The zero-order valence-electron chi connectivity index (χ0n) is 11.5. The van der Waals surface area contributed by atoms with Crippen molar-refractivity contribution in [3.05, 3.63) is 0 Å². The quantitative estimate of drug-likeness (QED) is 0.170. The smallest absolute Gasteiger partial charge is 0.327 e. The molecule has 8 N–H and O–H groups in total. The summed E-state index contributed by atoms with van der Waals surface area (Å²) in [4.78, 5) is 44.0. The van der Waals surface area contributed by atoms with E-state index in [0.29, 0.717) is 0 Å². The van der Waals surface area contributed by atoms with Gasteiger partial charge in [-0.15, -0.1) is 0 Å². The van der Waals surface area contributed by atoms with Gasteiger partial charge >= 0.3 is 11.9 Å². The molecule has 22 heavy (non-hydrogen) atoms. The van der Waals surface area contributed by atoms with Crippen LogP contribution in [0.4, 0.5) is 0 Å². The lowest BCUT2D eigenvalue weighted by Gasteiger charge is -2.15. The third kappa shape index (κ3) is 8.71. The predicted octanol–water partition coefficient (Wildman–Crippen LogP) is -2.58. The molecule has 0 aliphatic heterocycles. The van der Waals surface area contributed by atoms with Crippen LogP contribution in [0.3, 0.4) is 0 Å². The fraction of sp³-hybridized carbons (Fsp3) is 0.600. The van der Waals surface area contributed by atoms with Gasteiger partial charge in [0.25, 0.3) is 0 Å². The van der Waals surface area contributed by atoms with Gasteiger partial charge in [-0.3, -0.25) is 9.59 Å². The Bertz CT molecular complexity index is 384. The molecule has 0 rings (SSSR count). The van der Waals surface area contributed by atoms with Crippen LogP contribution in [0, 0.1) is 0 Å². The predicted molar refractivity (Wildman–Crippen MR) is 82.2 cm³/mol. The van der Waals surface area contributed by atoms with Gasteiger partial charge < -0.3 is 32.3 Å². The first-order valence-corrected chi connectivity index (χ1v) is 8.49. The van der Waals surface area contributed by atoms with Crippen LogP contribution < -0.4 is 22.1 Å². The zero-order valence-corrected chi connectivity index (χ0v) is 13.1. The molecule has 10 nitrogen and oxygen atoms in total. The minimum Gasteiger partial charge on any atom is -0.480 e. The summed E-state index contributed by atoms with van der Waals surface area (Å²) in [5.74, 6) is -3.61. The van der Waals surface area contributed by atoms with Crippen molar-refractivity contribution in [3.63, 3.8) is 0 Å². The van der Waals surface area contributed by atoms with Gasteiger partial charge in [0, 0.05) is 11.5 Å². The van der Waals surface area contributed by atoms with E-state index in [0.717, 1.165) is 21.6 Å². The molecule has 0 bridgehead atoms. The van der Waals surface area contributed by atoms with Crippen LogP contribution in [-0.4, -0.2) is 70.6 Å². The number of hydrogen-bond donors (Lipinski definition) is 6. The van der Waals surface area contributed by atoms with E-state index in [4.69, 9.17) is 21.7 Å². The third-order valence-corrected chi connectivity index (χ3v) is 4.61. The Morgan fingerprint density at radius 3 is 1.36 bits per heavy atom. The number of carbonyl (C=O) groups excluding carboxylic acids is 2. The molecule has 2 atom stereocenters. The number of carboxylic acids is 2. The second kappa shape index (κ2) is 11.1. The summed E-state index contributed by atoms with van der Waals surface area (Å²) in [5.41, 5.74) is 10.2. The fourth-order valence-electron chi connectivity index (χ4n) is 1.09. The lowest BCUT2D eigenvalue weighted by Crippen LogP contribution is -2.45. The lowest BCUT2D eigenvalue weighted by atomic mass is 10.3. The number of nitrogens with one attached hydrogen (secondary N) is 2. The molecule has 12 heteroatoms. The van der Waals surface area contributed by atoms with E-state index in [2.05, 4.69) is 10.6 Å². The van der Waals surface area contributed by atoms with E-state index in [9.17, 15) is 19.2 Å². The highest BCUT2D eigenvalue weighted by Gasteiger charge is 2.22. The molecule has 0 saturated heterocycles. The molecule has 0 saturated carbocycles. The average molecular weight is 354 g/mol. The first-order chi connectivity index (χ1) is 10.3. The minimum absolute atomic E-state index is 0.0168. The molecular formula is C10H18N4O6S2. The topological polar surface area (TPSA) is 185 Å². The van der Waals surface area contributed by atoms with E-state index >= 15 is 0 Å². The van der Waals surface area contributed by atoms with E-state index in [1.165, 1.54) is 0 Å². The van der Waals surface area contributed by atoms with Gasteiger partial charge in [0.1, 0.15) is 12.1 Å². The van der Waals surface area contributed by atoms with Gasteiger partial charge in [-0.25, -0.2) is 9.59 Å². The lowest BCUT2D eigenvalue weighted by molar-refractivity contribution is -0.141. The molecule has 126 valence electrons. The molecule has 0 fully saturated rings. The molecule has 0 aromatic carbocycles. The van der Waals surface area contributed by atoms with Crippen LogP contribution in [0.1, 0.15) is 0 Å². The summed E-state index contributed by atoms with van der Waals surface area (Å²) in [6.45, 7) is -0.651. The van der Waals surface area contributed by atoms with Crippen LogP contribution >= 0.6 is 21.6 Å². The maximum absolute atomic E-state index is 11.1. The van der Waals surface area contributed by atoms with Crippen LogP contribution in [0.15, 0.2) is 0 Å². The molecule has 0 radical (unpaired) electrons. The van der Waals surface area contributed by atoms with Gasteiger partial charge in [-0.2, -0.15) is 0 Å². The minimum atomic E-state index is -1.22. The Balaban J connectivity index is 4.24. The molecule has 2 amide bonds. The maximum atomic E-state index is 11.1. The third-order valence-electron chi connectivity index (χ3n) is 2.19. The number of rotatable bonds is 11. The molecule has 0 aromatic rings. The SMILES string of the molecule is NCC(=O)N[C@@H](CSSC[C@H](NC(=O)CN)C(=O)O)C(=O)O. The van der Waals surface area contributed by atoms with E-state index in [-0.39, 0.29) is 24.6 Å². The van der Waals surface area contributed by atoms with Crippen molar-refractivity contribution in [2.45, 2.75) is 12.1 Å². The van der Waals surface area contributed by atoms with Crippen molar-refractivity contribution in [2.24, 2.45) is 11.5 Å². The molecule has 0 aliphatic rings. The Morgan fingerprint density at radius 1 is 0.818 bits per heavy atom. The van der Waals surface area contributed by atoms with Crippen LogP contribution in [0.25, 0.3) is 0 Å². The number of amides is 2. The van der Waals surface area contributed by atoms with Gasteiger partial charge in [0.15, 0.2) is 0 Å². The van der Waals surface area contributed by atoms with Crippen molar-refractivity contribution in [1.82, 2.24) is 10.6 Å². The maximum Gasteiger partial charge on any atom is 0.327 e. The van der Waals surface area contributed by atoms with Crippen molar-refractivity contribution in [2.75, 3.05) is 24.6 Å². The van der Waals surface area contributed by atoms with Gasteiger partial charge in [-0.1, -0.05) is 21.6 Å². The molecular weight excluding hydrogens is 336 g/mol. The Morgan fingerprint density at radius 2 is 1.14 bits per heavy atom. The summed E-state index contributed by atoms with van der Waals surface area (Å²) in [5, 5.41) is 22.3. The highest BCUT2D eigenvalue weighted by atomic mass is 33.1. The van der Waals surface area contributed by atoms with Gasteiger partial charge in [0.05, 0.1) is 13.1 Å². The van der Waals surface area contributed by atoms with Crippen LogP contribution in [0.2, 0.25) is 0 Å². The monoisotopic (exact) mass is 354 g/mol. The van der Waals surface area contributed by atoms with Crippen LogP contribution in [-0.2, 0) is 19.2 Å². The molecule has 0 unspecified atom stereocenters. The summed E-state index contributed by atoms with van der Waals surface area (Å²) in [6.07, 6.45) is 0. The highest BCUT2D eigenvalue weighted by Crippen LogP contribution is 2.23. The largest absolute Gasteiger partial charge is 0.480 e. The summed E-state index contributed by atoms with van der Waals surface area (Å²) >= 11 is 0. The number of carboxylic acid groups (broad SMARTS) is 2. The number of nitrogens with two attached hydrogens (primary N) is 2. The molecule has 0 heterocycles. The summed E-state index contributed by atoms with van der Waals surface area (Å²) in [6, 6.07) is -2.26. The first kappa shape index (κ1) is 20.5. The van der Waals surface area contributed by atoms with Crippen molar-refractivity contribution in [3.8, 4) is 0 Å². The standard InChI is InChI=1S/C10H18N4O6S2/c11-1-7(15)13-5(9(17)18)3-21-22-4-6(10(19)20)14-8(16)2-12/h5-6H,1-4,11-12H2,(H,13,15)(H,14,16)(H,17,18)(H,19,20)/t5-,6-/m0/s1. The first-order valence-electron chi connectivity index (χ1n) is 6.00. The average Bonchev–Trinajstić information content (AvgIpc) is 2.47. The Kier molecular flexibility index (Phi) is 10.4. The molecule has 0 aliphatic carbocycles. The normalized spacial score (nSPS) is 13.0. The van der Waals surface area contributed by atoms with Crippen molar-refractivity contribution >= 4 is 45.3 Å². The van der Waals surface area contributed by atoms with Crippen molar-refractivity contribution < 1.29 is 29.4 Å². The Labute approximate surface area is 134 Å². The number of carbonyl (C=O) groups is 4. The summed E-state index contributed by atoms with van der Waals surface area (Å²) < 4.78 is 0. The molecule has 0 spiro atoms. The van der Waals surface area contributed by atoms with Gasteiger partial charge in [0.2, 0.25) is 11.8 Å². The second-order valence-corrected chi connectivity index (χ2v) is 6.45. The number of hydrogen-bond acceptors (Lipinski definition) is 8. The van der Waals surface area contributed by atoms with E-state index in [1.54, 1.807) is 0 Å². The van der Waals surface area contributed by atoms with E-state index < -0.39 is 35.8 Å². The fourth-order valence-corrected chi connectivity index (χ4v) is 3.40. The second-order valence-electron chi connectivity index (χ2n) is 3.89. The van der Waals surface area contributed by atoms with Gasteiger partial charge in [-0.05, 0) is 0 Å². The molecule has 0 aromatic heterocycles.